The zero-order chi connectivity index (χ0) is 27.2. The van der Waals surface area contributed by atoms with Crippen LogP contribution in [0.4, 0.5) is 0 Å². The lowest BCUT2D eigenvalue weighted by Crippen LogP contribution is -2.41. The van der Waals surface area contributed by atoms with E-state index in [1.54, 1.807) is 25.4 Å². The van der Waals surface area contributed by atoms with Crippen molar-refractivity contribution in [1.82, 2.24) is 9.88 Å². The Morgan fingerprint density at radius 3 is 2.66 bits per heavy atom. The molecule has 0 saturated carbocycles. The first-order valence-corrected chi connectivity index (χ1v) is 13.6. The summed E-state index contributed by atoms with van der Waals surface area (Å²) in [6.45, 7) is 1.90. The van der Waals surface area contributed by atoms with Crippen LogP contribution in [0.2, 0.25) is 15.1 Å². The third-order valence-corrected chi connectivity index (χ3v) is 7.90. The van der Waals surface area contributed by atoms with E-state index in [9.17, 15) is 15.0 Å². The average molecular weight is 576 g/mol. The Morgan fingerprint density at radius 2 is 1.95 bits per heavy atom. The van der Waals surface area contributed by atoms with Gasteiger partial charge in [0.2, 0.25) is 0 Å². The Morgan fingerprint density at radius 1 is 1.18 bits per heavy atom. The van der Waals surface area contributed by atoms with Gasteiger partial charge < -0.3 is 14.9 Å². The fourth-order valence-electron chi connectivity index (χ4n) is 5.13. The molecule has 3 atom stereocenters. The van der Waals surface area contributed by atoms with Gasteiger partial charge in [-0.25, -0.2) is 0 Å². The molecule has 1 aromatic heterocycles. The summed E-state index contributed by atoms with van der Waals surface area (Å²) in [5.41, 5.74) is 2.13. The summed E-state index contributed by atoms with van der Waals surface area (Å²) >= 11 is 18.4. The van der Waals surface area contributed by atoms with E-state index in [0.717, 1.165) is 35.9 Å². The molecule has 9 heteroatoms. The zero-order valence-corrected chi connectivity index (χ0v) is 23.2. The minimum atomic E-state index is -0.819. The fraction of sp³-hybridized carbons (Fsp3) is 0.379. The molecule has 4 rings (SSSR count). The third kappa shape index (κ3) is 7.11. The molecule has 1 fully saturated rings. The minimum absolute atomic E-state index is 0.0350. The van der Waals surface area contributed by atoms with Crippen LogP contribution in [0.25, 0.3) is 10.9 Å². The highest BCUT2D eigenvalue weighted by atomic mass is 35.5. The highest BCUT2D eigenvalue weighted by Crippen LogP contribution is 2.35. The van der Waals surface area contributed by atoms with Gasteiger partial charge in [0.15, 0.2) is 0 Å². The lowest BCUT2D eigenvalue weighted by molar-refractivity contribution is -0.139. The van der Waals surface area contributed by atoms with Crippen molar-refractivity contribution in [3.63, 3.8) is 0 Å². The Bertz CT molecular complexity index is 1350. The quantitative estimate of drug-likeness (QED) is 0.299. The summed E-state index contributed by atoms with van der Waals surface area (Å²) in [7, 11) is 1.61. The smallest absolute Gasteiger partial charge is 0.303 e. The maximum absolute atomic E-state index is 11.6. The molecule has 3 aromatic rings. The molecule has 2 aromatic carbocycles. The first-order valence-electron chi connectivity index (χ1n) is 12.4. The van der Waals surface area contributed by atoms with Gasteiger partial charge >= 0.3 is 5.97 Å². The number of pyridine rings is 1. The lowest BCUT2D eigenvalue weighted by atomic mass is 9.79. The molecule has 38 heavy (non-hydrogen) atoms. The number of ether oxygens (including phenoxy) is 1. The van der Waals surface area contributed by atoms with E-state index >= 15 is 0 Å². The van der Waals surface area contributed by atoms with E-state index in [-0.39, 0.29) is 18.3 Å². The molecule has 0 amide bonds. The van der Waals surface area contributed by atoms with E-state index in [1.165, 1.54) is 0 Å². The van der Waals surface area contributed by atoms with Crippen LogP contribution in [-0.2, 0) is 4.79 Å². The second-order valence-corrected chi connectivity index (χ2v) is 10.8. The van der Waals surface area contributed by atoms with Crippen molar-refractivity contribution in [3.05, 3.63) is 68.8 Å². The van der Waals surface area contributed by atoms with E-state index in [4.69, 9.17) is 39.5 Å². The number of nitrogens with zero attached hydrogens (tertiary/aromatic N) is 2. The summed E-state index contributed by atoms with van der Waals surface area (Å²) in [6.07, 6.45) is 3.18. The fourth-order valence-corrected chi connectivity index (χ4v) is 6.04. The number of methoxy groups -OCH3 is 1. The maximum Gasteiger partial charge on any atom is 0.303 e. The average Bonchev–Trinajstić information content (AvgIpc) is 2.88. The SMILES string of the molecule is COc1ccc2nccc([C@H](O)CC[C@@H]3CCN(CC#Cc4c(Cl)cc(Cl)cc4Cl)C[C@@H]3CC(=O)O)c2c1. The van der Waals surface area contributed by atoms with E-state index in [2.05, 4.69) is 21.7 Å². The number of carbonyl (C=O) groups is 1. The molecule has 0 spiro atoms. The van der Waals surface area contributed by atoms with Gasteiger partial charge in [-0.15, -0.1) is 0 Å². The molecule has 200 valence electrons. The summed E-state index contributed by atoms with van der Waals surface area (Å²) < 4.78 is 5.34. The number of carboxylic acids is 1. The first-order chi connectivity index (χ1) is 18.2. The summed E-state index contributed by atoms with van der Waals surface area (Å²) in [5.74, 6) is 6.18. The number of benzene rings is 2. The summed E-state index contributed by atoms with van der Waals surface area (Å²) in [6, 6.07) is 10.7. The lowest BCUT2D eigenvalue weighted by Gasteiger charge is -2.37. The number of halogens is 3. The van der Waals surface area contributed by atoms with Crippen molar-refractivity contribution < 1.29 is 19.7 Å². The number of carboxylic acid groups (broad SMARTS) is 1. The molecule has 2 heterocycles. The minimum Gasteiger partial charge on any atom is -0.497 e. The van der Waals surface area contributed by atoms with Gasteiger partial charge in [-0.1, -0.05) is 46.6 Å². The zero-order valence-electron chi connectivity index (χ0n) is 21.0. The number of likely N-dealkylation sites (tertiary alicyclic amines) is 1. The molecular formula is C29H29Cl3N2O4. The van der Waals surface area contributed by atoms with Crippen molar-refractivity contribution in [2.45, 2.75) is 31.8 Å². The second-order valence-electron chi connectivity index (χ2n) is 9.56. The van der Waals surface area contributed by atoms with Crippen LogP contribution in [0.5, 0.6) is 5.75 Å². The predicted octanol–water partition coefficient (Wildman–Crippen LogP) is 6.48. The molecule has 1 saturated heterocycles. The number of piperidine rings is 1. The van der Waals surface area contributed by atoms with Crippen molar-refractivity contribution in [2.75, 3.05) is 26.7 Å². The molecule has 1 aliphatic heterocycles. The van der Waals surface area contributed by atoms with Crippen molar-refractivity contribution in [1.29, 1.82) is 0 Å². The highest BCUT2D eigenvalue weighted by Gasteiger charge is 2.31. The number of aromatic nitrogens is 1. The van der Waals surface area contributed by atoms with Crippen LogP contribution >= 0.6 is 34.8 Å². The van der Waals surface area contributed by atoms with Crippen LogP contribution in [-0.4, -0.2) is 52.8 Å². The van der Waals surface area contributed by atoms with Crippen LogP contribution in [0.1, 0.15) is 42.9 Å². The molecule has 2 N–H and O–H groups in total. The second kappa shape index (κ2) is 13.0. The highest BCUT2D eigenvalue weighted by molar-refractivity contribution is 6.39. The molecule has 0 bridgehead atoms. The Kier molecular flexibility index (Phi) is 9.75. The largest absolute Gasteiger partial charge is 0.497 e. The van der Waals surface area contributed by atoms with E-state index < -0.39 is 12.1 Å². The molecule has 0 aliphatic carbocycles. The van der Waals surface area contributed by atoms with Gasteiger partial charge in [0, 0.05) is 29.6 Å². The number of aliphatic hydroxyl groups excluding tert-OH is 1. The van der Waals surface area contributed by atoms with E-state index in [1.807, 2.05) is 24.3 Å². The number of fused-ring (bicyclic) bond motifs is 1. The molecule has 0 unspecified atom stereocenters. The number of aliphatic carboxylic acids is 1. The van der Waals surface area contributed by atoms with Crippen molar-refractivity contribution in [2.24, 2.45) is 11.8 Å². The number of hydrogen-bond acceptors (Lipinski definition) is 5. The Labute approximate surface area is 237 Å². The van der Waals surface area contributed by atoms with E-state index in [0.29, 0.717) is 45.9 Å². The maximum atomic E-state index is 11.6. The molecule has 0 radical (unpaired) electrons. The van der Waals surface area contributed by atoms with Gasteiger partial charge in [0.1, 0.15) is 5.75 Å². The Balaban J connectivity index is 1.40. The normalized spacial score (nSPS) is 18.6. The van der Waals surface area contributed by atoms with Gasteiger partial charge in [-0.05, 0) is 79.6 Å². The standard InChI is InChI=1S/C29H29Cl3N2O4/c1-38-21-5-6-27-24(16-21)22(8-10-33-27)28(35)7-4-18-9-12-34(17-19(18)13-29(36)37)11-2-3-23-25(31)14-20(30)15-26(23)32/h5-6,8,10,14-16,18-19,28,35H,4,7,9,11-13,17H2,1H3,(H,36,37)/t18-,19+,28-/m1/s1. The van der Waals surface area contributed by atoms with Crippen LogP contribution < -0.4 is 4.74 Å². The van der Waals surface area contributed by atoms with Gasteiger partial charge in [0.05, 0.1) is 40.9 Å². The first kappa shape index (κ1) is 28.5. The number of aliphatic hydroxyl groups is 1. The number of rotatable bonds is 8. The molecule has 6 nitrogen and oxygen atoms in total. The Hall–Kier alpha value is -2.53. The molecule has 1 aliphatic rings. The van der Waals surface area contributed by atoms with Crippen LogP contribution in [0, 0.1) is 23.7 Å². The van der Waals surface area contributed by atoms with Gasteiger partial charge in [0.25, 0.3) is 0 Å². The van der Waals surface area contributed by atoms with Crippen molar-refractivity contribution >= 4 is 51.7 Å². The molecular weight excluding hydrogens is 547 g/mol. The third-order valence-electron chi connectivity index (χ3n) is 7.09. The topological polar surface area (TPSA) is 82.9 Å². The van der Waals surface area contributed by atoms with Crippen LogP contribution in [0.3, 0.4) is 0 Å². The monoisotopic (exact) mass is 574 g/mol. The summed E-state index contributed by atoms with van der Waals surface area (Å²) in [5, 5.41) is 22.7. The van der Waals surface area contributed by atoms with Crippen molar-refractivity contribution in [3.8, 4) is 17.6 Å². The van der Waals surface area contributed by atoms with Gasteiger partial charge in [-0.2, -0.15) is 0 Å². The van der Waals surface area contributed by atoms with Crippen LogP contribution in [0.15, 0.2) is 42.6 Å². The van der Waals surface area contributed by atoms with Gasteiger partial charge in [-0.3, -0.25) is 14.7 Å². The number of hydrogen-bond donors (Lipinski definition) is 2. The predicted molar refractivity (Wildman–Crippen MR) is 151 cm³/mol. The summed E-state index contributed by atoms with van der Waals surface area (Å²) in [4.78, 5) is 18.2.